The van der Waals surface area contributed by atoms with Crippen LogP contribution in [0.4, 0.5) is 0 Å². The van der Waals surface area contributed by atoms with Crippen molar-refractivity contribution in [2.45, 2.75) is 31.2 Å². The lowest BCUT2D eigenvalue weighted by molar-refractivity contribution is 0.372. The predicted molar refractivity (Wildman–Crippen MR) is 89.0 cm³/mol. The van der Waals surface area contributed by atoms with Crippen molar-refractivity contribution in [3.05, 3.63) is 32.6 Å². The number of nitrogens with two attached hydrogens (primary N) is 1. The normalized spacial score (nSPS) is 16.9. The van der Waals surface area contributed by atoms with E-state index in [1.165, 1.54) is 0 Å². The molecule has 1 heterocycles. The number of halogens is 3. The Kier molecular flexibility index (Phi) is 4.94. The Balaban J connectivity index is 0.00000147. The molecule has 1 aromatic carbocycles. The average Bonchev–Trinajstić information content (AvgIpc) is 2.99. The summed E-state index contributed by atoms with van der Waals surface area (Å²) >= 11 is 8.41. The Morgan fingerprint density at radius 2 is 2.00 bits per heavy atom. The number of hydrogen-bond donors (Lipinski definition) is 1. The summed E-state index contributed by atoms with van der Waals surface area (Å²) in [6, 6.07) is 5.72. The van der Waals surface area contributed by atoms with Crippen molar-refractivity contribution >= 4 is 46.6 Å². The third-order valence-electron chi connectivity index (χ3n) is 3.53. The first-order chi connectivity index (χ1) is 9.08. The van der Waals surface area contributed by atoms with Gasteiger partial charge in [-0.25, -0.2) is 0 Å². The van der Waals surface area contributed by atoms with Crippen LogP contribution in [0.25, 0.3) is 11.5 Å². The maximum absolute atomic E-state index is 6.31. The lowest BCUT2D eigenvalue weighted by atomic mass is 9.99. The number of aromatic nitrogens is 2. The van der Waals surface area contributed by atoms with Crippen LogP contribution in [0.1, 0.15) is 31.5 Å². The highest BCUT2D eigenvalue weighted by molar-refractivity contribution is 14.1. The van der Waals surface area contributed by atoms with Crippen LogP contribution in [-0.4, -0.2) is 10.1 Å². The van der Waals surface area contributed by atoms with E-state index in [0.717, 1.165) is 34.8 Å². The van der Waals surface area contributed by atoms with Gasteiger partial charge in [-0.05, 0) is 53.6 Å². The third-order valence-corrected chi connectivity index (χ3v) is 4.51. The lowest BCUT2D eigenvalue weighted by Gasteiger charge is -2.17. The van der Waals surface area contributed by atoms with Crippen molar-refractivity contribution in [1.29, 1.82) is 0 Å². The molecule has 1 fully saturated rings. The molecule has 4 nitrogen and oxygen atoms in total. The monoisotopic (exact) mass is 425 g/mol. The molecule has 0 aliphatic heterocycles. The van der Waals surface area contributed by atoms with E-state index in [9.17, 15) is 0 Å². The molecule has 1 saturated carbocycles. The van der Waals surface area contributed by atoms with Gasteiger partial charge in [0, 0.05) is 3.57 Å². The summed E-state index contributed by atoms with van der Waals surface area (Å²) in [7, 11) is 0. The van der Waals surface area contributed by atoms with Crippen molar-refractivity contribution in [2.24, 2.45) is 5.73 Å². The fourth-order valence-corrected chi connectivity index (χ4v) is 3.36. The largest absolute Gasteiger partial charge is 0.334 e. The minimum Gasteiger partial charge on any atom is -0.334 e. The van der Waals surface area contributed by atoms with Crippen LogP contribution in [0.15, 0.2) is 22.7 Å². The molecular weight excluding hydrogens is 412 g/mol. The molecule has 1 aromatic heterocycles. The highest BCUT2D eigenvalue weighted by Gasteiger charge is 2.36. The molecule has 0 amide bonds. The van der Waals surface area contributed by atoms with E-state index < -0.39 is 5.54 Å². The van der Waals surface area contributed by atoms with Gasteiger partial charge in [-0.3, -0.25) is 0 Å². The van der Waals surface area contributed by atoms with Crippen LogP contribution in [0.5, 0.6) is 0 Å². The van der Waals surface area contributed by atoms with Crippen molar-refractivity contribution in [3.8, 4) is 11.5 Å². The Labute approximate surface area is 142 Å². The molecule has 1 aliphatic carbocycles. The Morgan fingerprint density at radius 1 is 1.30 bits per heavy atom. The van der Waals surface area contributed by atoms with Gasteiger partial charge in [0.1, 0.15) is 0 Å². The van der Waals surface area contributed by atoms with Crippen molar-refractivity contribution in [1.82, 2.24) is 10.1 Å². The van der Waals surface area contributed by atoms with E-state index in [4.69, 9.17) is 21.9 Å². The highest BCUT2D eigenvalue weighted by atomic mass is 127. The second kappa shape index (κ2) is 6.17. The average molecular weight is 426 g/mol. The fraction of sp³-hybridized carbons (Fsp3) is 0.385. The molecule has 0 bridgehead atoms. The van der Waals surface area contributed by atoms with Gasteiger partial charge >= 0.3 is 0 Å². The van der Waals surface area contributed by atoms with Gasteiger partial charge in [0.2, 0.25) is 0 Å². The van der Waals surface area contributed by atoms with Gasteiger partial charge in [0.15, 0.2) is 5.82 Å². The zero-order valence-corrected chi connectivity index (χ0v) is 14.3. The van der Waals surface area contributed by atoms with Gasteiger partial charge in [-0.15, -0.1) is 12.4 Å². The number of nitrogens with zero attached hydrogens (tertiary/aromatic N) is 2. The second-order valence-electron chi connectivity index (χ2n) is 4.91. The van der Waals surface area contributed by atoms with Crippen molar-refractivity contribution in [2.75, 3.05) is 0 Å². The van der Waals surface area contributed by atoms with Crippen molar-refractivity contribution in [3.63, 3.8) is 0 Å². The molecule has 2 N–H and O–H groups in total. The van der Waals surface area contributed by atoms with Crippen LogP contribution in [0.3, 0.4) is 0 Å². The van der Waals surface area contributed by atoms with Gasteiger partial charge < -0.3 is 10.3 Å². The van der Waals surface area contributed by atoms with Crippen LogP contribution < -0.4 is 5.73 Å². The summed E-state index contributed by atoms with van der Waals surface area (Å²) < 4.78 is 6.39. The highest BCUT2D eigenvalue weighted by Crippen LogP contribution is 2.36. The summed E-state index contributed by atoms with van der Waals surface area (Å²) in [5.74, 6) is 1.03. The van der Waals surface area contributed by atoms with Crippen LogP contribution in [0.2, 0.25) is 5.02 Å². The van der Waals surface area contributed by atoms with Crippen LogP contribution >= 0.6 is 46.6 Å². The predicted octanol–water partition coefficient (Wildman–Crippen LogP) is 4.14. The summed E-state index contributed by atoms with van der Waals surface area (Å²) in [5.41, 5.74) is 6.63. The molecule has 0 saturated heterocycles. The molecular formula is C13H14Cl2IN3O. The molecule has 7 heteroatoms. The Hall–Kier alpha value is -0.370. The van der Waals surface area contributed by atoms with E-state index in [-0.39, 0.29) is 12.4 Å². The third kappa shape index (κ3) is 2.95. The summed E-state index contributed by atoms with van der Waals surface area (Å²) in [6.07, 6.45) is 4.05. The minimum atomic E-state index is -0.433. The number of benzene rings is 1. The standard InChI is InChI=1S/C13H13ClIN3O.ClH/c14-10-7-8(15)3-4-9(10)11-17-12(18-19-11)13(16)5-1-2-6-13;/h3-4,7H,1-2,5-6,16H2;1H. The molecule has 108 valence electrons. The first-order valence-electron chi connectivity index (χ1n) is 6.17. The minimum absolute atomic E-state index is 0. The molecule has 20 heavy (non-hydrogen) atoms. The Morgan fingerprint density at radius 3 is 2.65 bits per heavy atom. The number of hydrogen-bond acceptors (Lipinski definition) is 4. The zero-order chi connectivity index (χ0) is 13.5. The van der Waals surface area contributed by atoms with Crippen molar-refractivity contribution < 1.29 is 4.52 Å². The van der Waals surface area contributed by atoms with Gasteiger partial charge in [-0.2, -0.15) is 4.98 Å². The molecule has 2 aromatic rings. The summed E-state index contributed by atoms with van der Waals surface area (Å²) in [5, 5.41) is 4.65. The molecule has 0 radical (unpaired) electrons. The molecule has 0 atom stereocenters. The van der Waals surface area contributed by atoms with Gasteiger partial charge in [0.05, 0.1) is 16.1 Å². The summed E-state index contributed by atoms with van der Waals surface area (Å²) in [4.78, 5) is 4.44. The topological polar surface area (TPSA) is 64.9 Å². The molecule has 3 rings (SSSR count). The van der Waals surface area contributed by atoms with E-state index in [0.29, 0.717) is 16.7 Å². The summed E-state index contributed by atoms with van der Waals surface area (Å²) in [6.45, 7) is 0. The van der Waals surface area contributed by atoms with E-state index in [1.807, 2.05) is 18.2 Å². The second-order valence-corrected chi connectivity index (χ2v) is 6.56. The van der Waals surface area contributed by atoms with Gasteiger partial charge in [-0.1, -0.05) is 29.6 Å². The smallest absolute Gasteiger partial charge is 0.259 e. The maximum Gasteiger partial charge on any atom is 0.259 e. The molecule has 1 aliphatic rings. The van der Waals surface area contributed by atoms with E-state index in [2.05, 4.69) is 32.7 Å². The van der Waals surface area contributed by atoms with Gasteiger partial charge in [0.25, 0.3) is 5.89 Å². The molecule has 0 unspecified atom stereocenters. The zero-order valence-electron chi connectivity index (χ0n) is 10.6. The lowest BCUT2D eigenvalue weighted by Crippen LogP contribution is -2.34. The quantitative estimate of drug-likeness (QED) is 0.734. The van der Waals surface area contributed by atoms with E-state index in [1.54, 1.807) is 0 Å². The van der Waals surface area contributed by atoms with Crippen LogP contribution in [0, 0.1) is 3.57 Å². The SMILES string of the molecule is Cl.NC1(c2noc(-c3ccc(I)cc3Cl)n2)CCCC1. The van der Waals surface area contributed by atoms with E-state index >= 15 is 0 Å². The number of rotatable bonds is 2. The molecule has 0 spiro atoms. The fourth-order valence-electron chi connectivity index (χ4n) is 2.43. The van der Waals surface area contributed by atoms with Crippen LogP contribution in [-0.2, 0) is 5.54 Å². The Bertz CT molecular complexity index is 611. The first-order valence-corrected chi connectivity index (χ1v) is 7.63. The maximum atomic E-state index is 6.31. The first kappa shape index (κ1) is 16.0.